The molecule has 6 rings (SSSR count). The summed E-state index contributed by atoms with van der Waals surface area (Å²) in [6, 6.07) is 16.3. The molecule has 10 nitrogen and oxygen atoms in total. The average molecular weight is 532 g/mol. The van der Waals surface area contributed by atoms with Gasteiger partial charge in [-0.1, -0.05) is 12.1 Å². The van der Waals surface area contributed by atoms with Crippen LogP contribution in [-0.2, 0) is 14.8 Å². The Balaban J connectivity index is 1.25. The normalized spacial score (nSPS) is 17.1. The van der Waals surface area contributed by atoms with Crippen LogP contribution in [0, 0.1) is 13.8 Å². The maximum atomic E-state index is 13.4. The van der Waals surface area contributed by atoms with Crippen LogP contribution in [-0.4, -0.2) is 71.1 Å². The molecule has 2 aliphatic heterocycles. The number of carbonyl (C=O) groups excluding carboxylic acids is 1. The maximum Gasteiger partial charge on any atom is 0.243 e. The van der Waals surface area contributed by atoms with E-state index in [-0.39, 0.29) is 10.8 Å². The van der Waals surface area contributed by atoms with Crippen molar-refractivity contribution in [1.82, 2.24) is 24.1 Å². The fourth-order valence-electron chi connectivity index (χ4n) is 5.19. The number of benzene rings is 2. The molecule has 0 atom stereocenters. The molecule has 2 aliphatic rings. The van der Waals surface area contributed by atoms with Gasteiger partial charge in [0, 0.05) is 50.5 Å². The second-order valence-electron chi connectivity index (χ2n) is 9.73. The van der Waals surface area contributed by atoms with Gasteiger partial charge in [-0.25, -0.2) is 23.1 Å². The Kier molecular flexibility index (Phi) is 6.11. The molecule has 0 unspecified atom stereocenters. The topological polar surface area (TPSA) is 105 Å². The lowest BCUT2D eigenvalue weighted by atomic mass is 10.3. The van der Waals surface area contributed by atoms with Gasteiger partial charge in [-0.2, -0.15) is 9.40 Å². The number of anilines is 2. The van der Waals surface area contributed by atoms with E-state index in [0.29, 0.717) is 50.8 Å². The molecule has 11 heteroatoms. The lowest BCUT2D eigenvalue weighted by molar-refractivity contribution is -0.117. The van der Waals surface area contributed by atoms with Crippen molar-refractivity contribution in [2.45, 2.75) is 31.6 Å². The molecular formula is C27H29N7O3S. The summed E-state index contributed by atoms with van der Waals surface area (Å²) >= 11 is 0. The number of carbonyl (C=O) groups is 1. The molecule has 38 heavy (non-hydrogen) atoms. The molecule has 2 fully saturated rings. The van der Waals surface area contributed by atoms with Gasteiger partial charge in [-0.3, -0.25) is 4.79 Å². The van der Waals surface area contributed by atoms with E-state index in [1.54, 1.807) is 33.8 Å². The van der Waals surface area contributed by atoms with Gasteiger partial charge in [0.2, 0.25) is 15.9 Å². The van der Waals surface area contributed by atoms with Crippen LogP contribution < -0.4 is 9.80 Å². The van der Waals surface area contributed by atoms with Crippen molar-refractivity contribution in [1.29, 1.82) is 0 Å². The molecular weight excluding hydrogens is 502 g/mol. The fourth-order valence-corrected chi connectivity index (χ4v) is 6.61. The first-order valence-electron chi connectivity index (χ1n) is 12.8. The SMILES string of the molecule is Cc1cc(C)n(-c2nc3ccccc3nc2N2CCN(S(=O)(=O)c3ccc(N4CCCC4=O)cc3)CC2)n1. The minimum atomic E-state index is -3.67. The second-order valence-corrected chi connectivity index (χ2v) is 11.7. The van der Waals surface area contributed by atoms with Crippen molar-refractivity contribution >= 4 is 38.5 Å². The van der Waals surface area contributed by atoms with Crippen molar-refractivity contribution < 1.29 is 13.2 Å². The van der Waals surface area contributed by atoms with Gasteiger partial charge >= 0.3 is 0 Å². The molecule has 196 valence electrons. The third-order valence-corrected chi connectivity index (χ3v) is 9.06. The molecule has 0 bridgehead atoms. The van der Waals surface area contributed by atoms with Gasteiger partial charge in [-0.15, -0.1) is 0 Å². The predicted molar refractivity (Wildman–Crippen MR) is 145 cm³/mol. The number of fused-ring (bicyclic) bond motifs is 1. The van der Waals surface area contributed by atoms with Crippen molar-refractivity contribution in [3.63, 3.8) is 0 Å². The summed E-state index contributed by atoms with van der Waals surface area (Å²) in [6.45, 7) is 6.17. The van der Waals surface area contributed by atoms with E-state index < -0.39 is 10.0 Å². The predicted octanol–water partition coefficient (Wildman–Crippen LogP) is 3.07. The van der Waals surface area contributed by atoms with Crippen molar-refractivity contribution in [3.05, 3.63) is 66.0 Å². The molecule has 0 aliphatic carbocycles. The Morgan fingerprint density at radius 3 is 2.05 bits per heavy atom. The van der Waals surface area contributed by atoms with Crippen LogP contribution in [0.25, 0.3) is 16.9 Å². The summed E-state index contributed by atoms with van der Waals surface area (Å²) in [7, 11) is -3.67. The fraction of sp³-hybridized carbons (Fsp3) is 0.333. The smallest absolute Gasteiger partial charge is 0.243 e. The first-order chi connectivity index (χ1) is 18.3. The van der Waals surface area contributed by atoms with Crippen LogP contribution in [0.4, 0.5) is 11.5 Å². The highest BCUT2D eigenvalue weighted by Crippen LogP contribution is 2.28. The molecule has 0 saturated carbocycles. The number of rotatable bonds is 5. The highest BCUT2D eigenvalue weighted by molar-refractivity contribution is 7.89. The van der Waals surface area contributed by atoms with Crippen LogP contribution in [0.2, 0.25) is 0 Å². The highest BCUT2D eigenvalue weighted by atomic mass is 32.2. The monoisotopic (exact) mass is 531 g/mol. The Bertz CT molecular complexity index is 1620. The highest BCUT2D eigenvalue weighted by Gasteiger charge is 2.31. The minimum Gasteiger partial charge on any atom is -0.351 e. The average Bonchev–Trinajstić information content (AvgIpc) is 3.51. The summed E-state index contributed by atoms with van der Waals surface area (Å²) in [6.07, 6.45) is 1.36. The van der Waals surface area contributed by atoms with Crippen LogP contribution in [0.5, 0.6) is 0 Å². The number of amides is 1. The molecule has 1 amide bonds. The lowest BCUT2D eigenvalue weighted by Crippen LogP contribution is -2.49. The van der Waals surface area contributed by atoms with Crippen LogP contribution >= 0.6 is 0 Å². The van der Waals surface area contributed by atoms with E-state index in [9.17, 15) is 13.2 Å². The van der Waals surface area contributed by atoms with Gasteiger partial charge in [0.05, 0.1) is 21.6 Å². The largest absolute Gasteiger partial charge is 0.351 e. The van der Waals surface area contributed by atoms with E-state index >= 15 is 0 Å². The molecule has 4 aromatic rings. The van der Waals surface area contributed by atoms with Crippen LogP contribution in [0.3, 0.4) is 0 Å². The number of piperazine rings is 1. The third kappa shape index (κ3) is 4.31. The first-order valence-corrected chi connectivity index (χ1v) is 14.2. The molecule has 0 N–H and O–H groups in total. The van der Waals surface area contributed by atoms with E-state index in [4.69, 9.17) is 9.97 Å². The van der Waals surface area contributed by atoms with E-state index in [0.717, 1.165) is 34.5 Å². The van der Waals surface area contributed by atoms with Gasteiger partial charge in [0.25, 0.3) is 0 Å². The van der Waals surface area contributed by atoms with Gasteiger partial charge in [0.15, 0.2) is 11.6 Å². The van der Waals surface area contributed by atoms with E-state index in [2.05, 4.69) is 10.00 Å². The van der Waals surface area contributed by atoms with Gasteiger partial charge in [0.1, 0.15) is 0 Å². The zero-order valence-corrected chi connectivity index (χ0v) is 22.2. The number of nitrogens with zero attached hydrogens (tertiary/aromatic N) is 7. The Morgan fingerprint density at radius 1 is 0.816 bits per heavy atom. The molecule has 2 aromatic carbocycles. The summed E-state index contributed by atoms with van der Waals surface area (Å²) in [5.41, 5.74) is 4.13. The number of sulfonamides is 1. The molecule has 2 saturated heterocycles. The first kappa shape index (κ1) is 24.5. The van der Waals surface area contributed by atoms with Crippen molar-refractivity contribution in [3.8, 4) is 5.82 Å². The number of aromatic nitrogens is 4. The summed E-state index contributed by atoms with van der Waals surface area (Å²) in [4.78, 5) is 25.9. The molecule has 4 heterocycles. The quantitative estimate of drug-likeness (QED) is 0.390. The zero-order valence-electron chi connectivity index (χ0n) is 21.4. The number of hydrogen-bond donors (Lipinski definition) is 0. The van der Waals surface area contributed by atoms with Crippen LogP contribution in [0.1, 0.15) is 24.2 Å². The van der Waals surface area contributed by atoms with E-state index in [1.165, 1.54) is 4.31 Å². The van der Waals surface area contributed by atoms with Crippen LogP contribution in [0.15, 0.2) is 59.5 Å². The van der Waals surface area contributed by atoms with Crippen molar-refractivity contribution in [2.75, 3.05) is 42.5 Å². The van der Waals surface area contributed by atoms with Gasteiger partial charge in [-0.05, 0) is 62.7 Å². The Labute approximate surface area is 221 Å². The molecule has 2 aromatic heterocycles. The number of hydrogen-bond acceptors (Lipinski definition) is 7. The third-order valence-electron chi connectivity index (χ3n) is 7.14. The van der Waals surface area contributed by atoms with E-state index in [1.807, 2.05) is 44.2 Å². The summed E-state index contributed by atoms with van der Waals surface area (Å²) in [5, 5.41) is 4.63. The molecule has 0 radical (unpaired) electrons. The second kappa shape index (κ2) is 9.48. The Morgan fingerprint density at radius 2 is 1.47 bits per heavy atom. The number of para-hydroxylation sites is 2. The maximum absolute atomic E-state index is 13.4. The minimum absolute atomic E-state index is 0.0772. The zero-order chi connectivity index (χ0) is 26.4. The van der Waals surface area contributed by atoms with Crippen molar-refractivity contribution in [2.24, 2.45) is 0 Å². The lowest BCUT2D eigenvalue weighted by Gasteiger charge is -2.35. The number of aryl methyl sites for hydroxylation is 2. The Hall–Kier alpha value is -3.83. The summed E-state index contributed by atoms with van der Waals surface area (Å²) in [5.74, 6) is 1.40. The summed E-state index contributed by atoms with van der Waals surface area (Å²) < 4.78 is 30.2. The molecule has 0 spiro atoms. The van der Waals surface area contributed by atoms with Gasteiger partial charge < -0.3 is 9.80 Å². The standard InChI is InChI=1S/C27H29N7O3S/c1-19-18-20(2)34(30-19)27-26(28-23-6-3-4-7-24(23)29-27)31-14-16-32(17-15-31)38(36,37)22-11-9-21(10-12-22)33-13-5-8-25(33)35/h3-4,6-7,9-12,18H,5,8,13-17H2,1-2H3.